The molecule has 1 aromatic heterocycles. The molecule has 1 aliphatic carbocycles. The molecule has 4 nitrogen and oxygen atoms in total. The molecule has 0 radical (unpaired) electrons. The second kappa shape index (κ2) is 8.68. The Morgan fingerprint density at radius 3 is 2.43 bits per heavy atom. The van der Waals surface area contributed by atoms with E-state index in [1.54, 1.807) is 0 Å². The second-order valence-electron chi connectivity index (χ2n) is 7.32. The van der Waals surface area contributed by atoms with Gasteiger partial charge in [-0.3, -0.25) is 4.57 Å². The van der Waals surface area contributed by atoms with Crippen LogP contribution < -0.4 is 5.69 Å². The van der Waals surface area contributed by atoms with Crippen molar-refractivity contribution < 1.29 is 17.6 Å². The molecule has 0 atom stereocenters. The third-order valence-corrected chi connectivity index (χ3v) is 5.51. The summed E-state index contributed by atoms with van der Waals surface area (Å²) < 4.78 is 54.2. The van der Waals surface area contributed by atoms with Crippen molar-refractivity contribution in [2.45, 2.75) is 64.2 Å². The van der Waals surface area contributed by atoms with Crippen LogP contribution in [0.2, 0.25) is 5.02 Å². The van der Waals surface area contributed by atoms with E-state index in [9.17, 15) is 22.4 Å². The molecule has 1 aliphatic rings. The van der Waals surface area contributed by atoms with Crippen LogP contribution in [0.4, 0.5) is 17.6 Å². The molecule has 1 saturated carbocycles. The number of halogens is 5. The first kappa shape index (κ1) is 20.9. The van der Waals surface area contributed by atoms with Crippen molar-refractivity contribution in [1.29, 1.82) is 0 Å². The molecule has 1 heterocycles. The van der Waals surface area contributed by atoms with Crippen LogP contribution in [-0.2, 0) is 19.5 Å². The average Bonchev–Trinajstić information content (AvgIpc) is 2.79. The first-order chi connectivity index (χ1) is 13.2. The highest BCUT2D eigenvalue weighted by Gasteiger charge is 2.31. The third kappa shape index (κ3) is 5.16. The van der Waals surface area contributed by atoms with E-state index < -0.39 is 24.2 Å². The lowest BCUT2D eigenvalue weighted by Gasteiger charge is -2.14. The van der Waals surface area contributed by atoms with E-state index in [1.165, 1.54) is 18.2 Å². The van der Waals surface area contributed by atoms with Crippen LogP contribution in [-0.4, -0.2) is 20.5 Å². The van der Waals surface area contributed by atoms with E-state index in [2.05, 4.69) is 5.10 Å². The van der Waals surface area contributed by atoms with Gasteiger partial charge >= 0.3 is 11.9 Å². The number of nitrogens with zero attached hydrogens (tertiary/aromatic N) is 3. The first-order valence-corrected chi connectivity index (χ1v) is 9.78. The molecule has 3 rings (SSSR count). The minimum absolute atomic E-state index is 0.0694. The largest absolute Gasteiger partial charge is 0.408 e. The maximum atomic E-state index is 14.2. The fourth-order valence-corrected chi connectivity index (χ4v) is 3.96. The predicted octanol–water partition coefficient (Wildman–Crippen LogP) is 4.96. The molecule has 0 aliphatic heterocycles. The van der Waals surface area contributed by atoms with Crippen molar-refractivity contribution in [2.75, 3.05) is 0 Å². The molecule has 0 unspecified atom stereocenters. The maximum Gasteiger partial charge on any atom is 0.408 e. The lowest BCUT2D eigenvalue weighted by atomic mass is 9.96. The summed E-state index contributed by atoms with van der Waals surface area (Å²) in [5, 5.41) is 4.08. The Bertz CT molecular complexity index is 847. The van der Waals surface area contributed by atoms with Gasteiger partial charge in [-0.05, 0) is 18.1 Å². The van der Waals surface area contributed by atoms with E-state index in [-0.39, 0.29) is 28.9 Å². The molecular formula is C19H22ClF4N3O. The summed E-state index contributed by atoms with van der Waals surface area (Å²) in [4.78, 5) is 12.6. The lowest BCUT2D eigenvalue weighted by molar-refractivity contribution is -0.143. The van der Waals surface area contributed by atoms with Gasteiger partial charge in [0.15, 0.2) is 0 Å². The van der Waals surface area contributed by atoms with Crippen LogP contribution in [0.5, 0.6) is 0 Å². The molecule has 0 bridgehead atoms. The maximum absolute atomic E-state index is 14.2. The molecule has 0 amide bonds. The second-order valence-corrected chi connectivity index (χ2v) is 7.73. The molecule has 0 N–H and O–H groups in total. The van der Waals surface area contributed by atoms with E-state index in [0.717, 1.165) is 43.1 Å². The quantitative estimate of drug-likeness (QED) is 0.507. The normalized spacial score (nSPS) is 16.3. The van der Waals surface area contributed by atoms with Crippen LogP contribution >= 0.6 is 11.6 Å². The Balaban J connectivity index is 1.96. The van der Waals surface area contributed by atoms with E-state index in [4.69, 9.17) is 11.6 Å². The number of benzene rings is 1. The number of aromatic nitrogens is 3. The van der Waals surface area contributed by atoms with Gasteiger partial charge in [-0.25, -0.2) is 13.9 Å². The molecule has 2 aromatic rings. The Labute approximate surface area is 165 Å². The minimum atomic E-state index is -4.57. The summed E-state index contributed by atoms with van der Waals surface area (Å²) in [5.74, 6) is -0.109. The molecular weight excluding hydrogens is 398 g/mol. The number of hydrogen-bond acceptors (Lipinski definition) is 2. The first-order valence-electron chi connectivity index (χ1n) is 9.41. The molecule has 28 heavy (non-hydrogen) atoms. The predicted molar refractivity (Wildman–Crippen MR) is 98.0 cm³/mol. The number of rotatable bonds is 5. The van der Waals surface area contributed by atoms with Crippen molar-refractivity contribution in [3.8, 4) is 0 Å². The molecule has 1 fully saturated rings. The highest BCUT2D eigenvalue weighted by Crippen LogP contribution is 2.26. The number of hydrogen-bond donors (Lipinski definition) is 0. The monoisotopic (exact) mass is 419 g/mol. The fourth-order valence-electron chi connectivity index (χ4n) is 3.74. The topological polar surface area (TPSA) is 39.8 Å². The highest BCUT2D eigenvalue weighted by molar-refractivity contribution is 6.31. The minimum Gasteiger partial charge on any atom is -0.274 e. The zero-order valence-corrected chi connectivity index (χ0v) is 16.1. The molecule has 154 valence electrons. The van der Waals surface area contributed by atoms with Gasteiger partial charge in [-0.2, -0.15) is 18.3 Å². The summed E-state index contributed by atoms with van der Waals surface area (Å²) in [7, 11) is 0. The van der Waals surface area contributed by atoms with Crippen LogP contribution in [0.3, 0.4) is 0 Å². The van der Waals surface area contributed by atoms with Gasteiger partial charge in [-0.1, -0.05) is 56.2 Å². The van der Waals surface area contributed by atoms with Crippen molar-refractivity contribution in [2.24, 2.45) is 5.92 Å². The van der Waals surface area contributed by atoms with Crippen molar-refractivity contribution in [3.05, 3.63) is 50.9 Å². The summed E-state index contributed by atoms with van der Waals surface area (Å²) in [5.41, 5.74) is -0.833. The summed E-state index contributed by atoms with van der Waals surface area (Å²) >= 11 is 6.05. The van der Waals surface area contributed by atoms with Crippen LogP contribution in [0, 0.1) is 11.7 Å². The zero-order chi connectivity index (χ0) is 20.3. The molecule has 1 aromatic carbocycles. The van der Waals surface area contributed by atoms with E-state index in [0.29, 0.717) is 11.1 Å². The van der Waals surface area contributed by atoms with Crippen LogP contribution in [0.25, 0.3) is 0 Å². The SMILES string of the molecule is O=c1n(CC(F)(F)F)nc(CC2CCCCCC2)n1Cc1c(F)cccc1Cl. The Hall–Kier alpha value is -1.83. The number of alkyl halides is 3. The van der Waals surface area contributed by atoms with Gasteiger partial charge in [-0.15, -0.1) is 0 Å². The van der Waals surface area contributed by atoms with Gasteiger partial charge in [0.1, 0.15) is 18.2 Å². The Kier molecular flexibility index (Phi) is 6.47. The zero-order valence-electron chi connectivity index (χ0n) is 15.3. The average molecular weight is 420 g/mol. The molecule has 0 saturated heterocycles. The third-order valence-electron chi connectivity index (χ3n) is 5.15. The van der Waals surface area contributed by atoms with Crippen LogP contribution in [0.1, 0.15) is 49.9 Å². The smallest absolute Gasteiger partial charge is 0.274 e. The van der Waals surface area contributed by atoms with E-state index in [1.807, 2.05) is 0 Å². The Morgan fingerprint density at radius 2 is 1.82 bits per heavy atom. The van der Waals surface area contributed by atoms with Crippen LogP contribution in [0.15, 0.2) is 23.0 Å². The Morgan fingerprint density at radius 1 is 1.14 bits per heavy atom. The summed E-state index contributed by atoms with van der Waals surface area (Å²) in [6, 6.07) is 4.12. The van der Waals surface area contributed by atoms with Gasteiger partial charge in [0.05, 0.1) is 6.54 Å². The van der Waals surface area contributed by atoms with Gasteiger partial charge in [0, 0.05) is 17.0 Å². The van der Waals surface area contributed by atoms with Gasteiger partial charge in [0.25, 0.3) is 0 Å². The highest BCUT2D eigenvalue weighted by atomic mass is 35.5. The standard InChI is InChI=1S/C19H22ClF4N3O/c20-15-8-5-9-16(21)14(15)11-26-17(10-13-6-3-1-2-4-7-13)25-27(18(26)28)12-19(22,23)24/h5,8-9,13H,1-4,6-7,10-12H2. The summed E-state index contributed by atoms with van der Waals surface area (Å²) in [6.07, 6.45) is 2.09. The van der Waals surface area contributed by atoms with Gasteiger partial charge in [0.2, 0.25) is 0 Å². The van der Waals surface area contributed by atoms with Crippen molar-refractivity contribution >= 4 is 11.6 Å². The fraction of sp³-hybridized carbons (Fsp3) is 0.579. The van der Waals surface area contributed by atoms with E-state index >= 15 is 0 Å². The lowest BCUT2D eigenvalue weighted by Crippen LogP contribution is -2.31. The van der Waals surface area contributed by atoms with Gasteiger partial charge < -0.3 is 0 Å². The van der Waals surface area contributed by atoms with Crippen molar-refractivity contribution in [1.82, 2.24) is 14.3 Å². The summed E-state index contributed by atoms with van der Waals surface area (Å²) in [6.45, 7) is -1.72. The molecule has 9 heteroatoms. The van der Waals surface area contributed by atoms with Crippen molar-refractivity contribution in [3.63, 3.8) is 0 Å². The molecule has 0 spiro atoms.